The van der Waals surface area contributed by atoms with Crippen LogP contribution in [0.4, 0.5) is 8.78 Å². The SMILES string of the molecule is C=C/C(C)=C\C=C\CN\C=C(/N=C/C=C/C(=C/C)C/C=C\C(=C)C(/C=C\C(=C)OCC)=C/CC)c1ccc(F)cc1F.CO. The topological polar surface area (TPSA) is 53.9 Å². The summed E-state index contributed by atoms with van der Waals surface area (Å²) in [6.07, 6.45) is 28.0. The number of ether oxygens (including phenoxy) is 1. The van der Waals surface area contributed by atoms with Gasteiger partial charge in [-0.15, -0.1) is 0 Å². The van der Waals surface area contributed by atoms with E-state index in [1.807, 2.05) is 69.4 Å². The predicted octanol–water partition coefficient (Wildman–Crippen LogP) is 9.67. The van der Waals surface area contributed by atoms with Gasteiger partial charge in [-0.2, -0.15) is 0 Å². The van der Waals surface area contributed by atoms with Gasteiger partial charge in [-0.05, 0) is 74.6 Å². The van der Waals surface area contributed by atoms with E-state index in [1.165, 1.54) is 12.1 Å². The molecule has 0 atom stereocenters. The lowest BCUT2D eigenvalue weighted by Crippen LogP contribution is -2.05. The molecule has 0 unspecified atom stereocenters. The van der Waals surface area contributed by atoms with Crippen molar-refractivity contribution >= 4 is 11.9 Å². The minimum absolute atomic E-state index is 0.197. The highest BCUT2D eigenvalue weighted by atomic mass is 19.1. The predicted molar refractivity (Wildman–Crippen MR) is 186 cm³/mol. The van der Waals surface area contributed by atoms with Gasteiger partial charge in [0.15, 0.2) is 0 Å². The third kappa shape index (κ3) is 17.4. The van der Waals surface area contributed by atoms with E-state index in [-0.39, 0.29) is 5.56 Å². The van der Waals surface area contributed by atoms with Crippen molar-refractivity contribution in [2.45, 2.75) is 40.5 Å². The molecule has 44 heavy (non-hydrogen) atoms. The van der Waals surface area contributed by atoms with Gasteiger partial charge in [-0.25, -0.2) is 8.78 Å². The van der Waals surface area contributed by atoms with Gasteiger partial charge < -0.3 is 15.2 Å². The van der Waals surface area contributed by atoms with Gasteiger partial charge in [0.2, 0.25) is 0 Å². The number of allylic oxidation sites excluding steroid dienone is 15. The third-order valence-electron chi connectivity index (χ3n) is 5.73. The smallest absolute Gasteiger partial charge is 0.135 e. The molecule has 6 heteroatoms. The Hall–Kier alpha value is -4.55. The standard InChI is InChI=1S/C37H44F2N2O.CH4O/c1-8-16-33(22-21-31(7)42-11-4)30(6)18-14-19-32(10-3)20-15-26-41-37(35-24-23-34(38)27-36(35)39)28-40-25-13-12-17-29(5)9-2;1-2/h9-10,12-18,20-24,26-28,40H,2,6-8,11,19,25H2,1,3-5H3;2H,1H3/b13-12+,18-14-,20-15+,22-21-,29-17-,32-10+,33-16+,37-28-,41-26+;. The van der Waals surface area contributed by atoms with E-state index < -0.39 is 11.6 Å². The summed E-state index contributed by atoms with van der Waals surface area (Å²) in [5.41, 5.74) is 4.56. The Labute approximate surface area is 263 Å². The van der Waals surface area contributed by atoms with Crippen LogP contribution in [0.2, 0.25) is 0 Å². The molecule has 4 nitrogen and oxygen atoms in total. The number of hydrogen-bond donors (Lipinski definition) is 2. The number of halogens is 2. The number of rotatable bonds is 18. The lowest BCUT2D eigenvalue weighted by molar-refractivity contribution is 0.244. The lowest BCUT2D eigenvalue weighted by atomic mass is 10.0. The zero-order valence-corrected chi connectivity index (χ0v) is 26.8. The maximum Gasteiger partial charge on any atom is 0.135 e. The first kappa shape index (κ1) is 39.5. The van der Waals surface area contributed by atoms with Crippen LogP contribution in [-0.2, 0) is 4.74 Å². The van der Waals surface area contributed by atoms with Crippen molar-refractivity contribution in [3.05, 3.63) is 162 Å². The summed E-state index contributed by atoms with van der Waals surface area (Å²) in [5, 5.41) is 10.1. The van der Waals surface area contributed by atoms with E-state index in [4.69, 9.17) is 9.84 Å². The van der Waals surface area contributed by atoms with Gasteiger partial charge in [0.05, 0.1) is 12.3 Å². The third-order valence-corrected chi connectivity index (χ3v) is 5.73. The molecular formula is C38H48F2N2O2. The van der Waals surface area contributed by atoms with Crippen LogP contribution < -0.4 is 5.32 Å². The Balaban J connectivity index is 0.00000904. The summed E-state index contributed by atoms with van der Waals surface area (Å²) in [4.78, 5) is 4.43. The van der Waals surface area contributed by atoms with Crippen LogP contribution in [0.15, 0.2) is 150 Å². The van der Waals surface area contributed by atoms with E-state index in [0.717, 1.165) is 41.9 Å². The molecule has 1 aromatic carbocycles. The van der Waals surface area contributed by atoms with Crippen LogP contribution in [0.25, 0.3) is 5.70 Å². The normalized spacial score (nSPS) is 13.3. The van der Waals surface area contributed by atoms with Crippen molar-refractivity contribution < 1.29 is 18.6 Å². The number of hydrogen-bond acceptors (Lipinski definition) is 4. The highest BCUT2D eigenvalue weighted by molar-refractivity contribution is 5.80. The van der Waals surface area contributed by atoms with Crippen molar-refractivity contribution in [3.63, 3.8) is 0 Å². The van der Waals surface area contributed by atoms with E-state index in [9.17, 15) is 8.78 Å². The Bertz CT molecular complexity index is 1340. The van der Waals surface area contributed by atoms with Crippen LogP contribution in [0.3, 0.4) is 0 Å². The zero-order valence-electron chi connectivity index (χ0n) is 26.8. The summed E-state index contributed by atoms with van der Waals surface area (Å²) in [5.74, 6) is -0.714. The fourth-order valence-corrected chi connectivity index (χ4v) is 3.41. The fourth-order valence-electron chi connectivity index (χ4n) is 3.41. The van der Waals surface area contributed by atoms with Crippen LogP contribution in [0.5, 0.6) is 0 Å². The molecule has 0 saturated heterocycles. The molecule has 0 aliphatic rings. The summed E-state index contributed by atoms with van der Waals surface area (Å²) in [6.45, 7) is 20.8. The Morgan fingerprint density at radius 2 is 1.80 bits per heavy atom. The summed E-state index contributed by atoms with van der Waals surface area (Å²) >= 11 is 0. The van der Waals surface area contributed by atoms with Crippen LogP contribution in [0, 0.1) is 11.6 Å². The molecular weight excluding hydrogens is 554 g/mol. The monoisotopic (exact) mass is 602 g/mol. The molecule has 1 aromatic rings. The minimum Gasteiger partial charge on any atom is -0.495 e. The van der Waals surface area contributed by atoms with E-state index in [0.29, 0.717) is 31.0 Å². The van der Waals surface area contributed by atoms with Gasteiger partial charge in [-0.3, -0.25) is 4.99 Å². The van der Waals surface area contributed by atoms with Crippen molar-refractivity contribution in [1.29, 1.82) is 0 Å². The quantitative estimate of drug-likeness (QED) is 0.0761. The van der Waals surface area contributed by atoms with Gasteiger partial charge >= 0.3 is 0 Å². The Kier molecular flexibility index (Phi) is 22.4. The van der Waals surface area contributed by atoms with Crippen molar-refractivity contribution in [3.8, 4) is 0 Å². The molecule has 0 bridgehead atoms. The van der Waals surface area contributed by atoms with Crippen LogP contribution in [0.1, 0.15) is 46.1 Å². The number of aliphatic hydroxyl groups is 1. The van der Waals surface area contributed by atoms with Crippen LogP contribution in [-0.4, -0.2) is 31.6 Å². The number of nitrogens with one attached hydrogen (secondary N) is 1. The first-order valence-electron chi connectivity index (χ1n) is 14.5. The molecule has 0 spiro atoms. The first-order valence-corrected chi connectivity index (χ1v) is 14.5. The highest BCUT2D eigenvalue weighted by Crippen LogP contribution is 2.20. The summed E-state index contributed by atoms with van der Waals surface area (Å²) in [7, 11) is 1.00. The number of nitrogens with zero attached hydrogens (tertiary/aromatic N) is 1. The van der Waals surface area contributed by atoms with Gasteiger partial charge in [-0.1, -0.05) is 93.0 Å². The fraction of sp³-hybridized carbons (Fsp3) is 0.237. The van der Waals surface area contributed by atoms with E-state index in [1.54, 1.807) is 24.6 Å². The number of aliphatic hydroxyl groups excluding tert-OH is 1. The zero-order chi connectivity index (χ0) is 33.2. The van der Waals surface area contributed by atoms with Crippen molar-refractivity contribution in [1.82, 2.24) is 5.32 Å². The molecule has 0 aromatic heterocycles. The van der Waals surface area contributed by atoms with Gasteiger partial charge in [0.1, 0.15) is 17.4 Å². The molecule has 0 aliphatic carbocycles. The largest absolute Gasteiger partial charge is 0.495 e. The molecule has 0 saturated carbocycles. The van der Waals surface area contributed by atoms with E-state index in [2.05, 4.69) is 49.1 Å². The Morgan fingerprint density at radius 1 is 1.05 bits per heavy atom. The van der Waals surface area contributed by atoms with Crippen molar-refractivity contribution in [2.24, 2.45) is 4.99 Å². The first-order chi connectivity index (χ1) is 21.2. The maximum absolute atomic E-state index is 14.5. The highest BCUT2D eigenvalue weighted by Gasteiger charge is 2.08. The van der Waals surface area contributed by atoms with Gasteiger partial charge in [0.25, 0.3) is 0 Å². The average Bonchev–Trinajstić information content (AvgIpc) is 3.02. The molecule has 0 fully saturated rings. The summed E-state index contributed by atoms with van der Waals surface area (Å²) in [6, 6.07) is 3.44. The molecule has 0 amide bonds. The Morgan fingerprint density at radius 3 is 2.43 bits per heavy atom. The summed E-state index contributed by atoms with van der Waals surface area (Å²) < 4.78 is 33.4. The van der Waals surface area contributed by atoms with E-state index >= 15 is 0 Å². The van der Waals surface area contributed by atoms with Crippen LogP contribution >= 0.6 is 0 Å². The molecule has 0 heterocycles. The molecule has 2 N–H and O–H groups in total. The molecule has 0 radical (unpaired) electrons. The minimum atomic E-state index is -0.683. The average molecular weight is 603 g/mol. The van der Waals surface area contributed by atoms with Gasteiger partial charge in [0, 0.05) is 37.7 Å². The molecule has 1 rings (SSSR count). The lowest BCUT2D eigenvalue weighted by Gasteiger charge is -2.05. The van der Waals surface area contributed by atoms with Crippen molar-refractivity contribution in [2.75, 3.05) is 20.3 Å². The number of benzene rings is 1. The second-order valence-corrected chi connectivity index (χ2v) is 9.04. The molecule has 0 aliphatic heterocycles. The maximum atomic E-state index is 14.5. The second-order valence-electron chi connectivity index (χ2n) is 9.04. The second kappa shape index (κ2) is 25.0. The number of aliphatic imine (C=N–C) groups is 1. The molecule has 236 valence electrons.